The number of anilines is 2. The number of carbonyl (C=O) groups excluding carboxylic acids is 4. The normalized spacial score (nSPS) is 21.4. The highest BCUT2D eigenvalue weighted by molar-refractivity contribution is 6.23. The van der Waals surface area contributed by atoms with Gasteiger partial charge in [0.1, 0.15) is 0 Å². The standard InChI is InChI=1S/C35H28N2O5/c1-19-11-14-22(17-20(19)2)36-28(38)18-42-35(41)21-12-15-23(16-13-21)37-33(39)31-29-24-7-3-4-8-25(24)30(32(31)34(37)40)27-10-6-5-9-26(27)29/h3-17,29-32H,18H2,1-2H3,(H,36,38)/t29?,30?,31-,32+. The van der Waals surface area contributed by atoms with Crippen molar-refractivity contribution < 1.29 is 23.9 Å². The first kappa shape index (κ1) is 25.9. The zero-order valence-corrected chi connectivity index (χ0v) is 23.2. The van der Waals surface area contributed by atoms with E-state index in [2.05, 4.69) is 29.6 Å². The van der Waals surface area contributed by atoms with Gasteiger partial charge in [-0.15, -0.1) is 0 Å². The number of aryl methyl sites for hydroxylation is 2. The van der Waals surface area contributed by atoms with Gasteiger partial charge in [0.25, 0.3) is 5.91 Å². The van der Waals surface area contributed by atoms with E-state index in [9.17, 15) is 19.2 Å². The second kappa shape index (κ2) is 9.80. The lowest BCUT2D eigenvalue weighted by Crippen LogP contribution is -2.41. The van der Waals surface area contributed by atoms with Crippen molar-refractivity contribution in [1.82, 2.24) is 0 Å². The number of benzene rings is 4. The summed E-state index contributed by atoms with van der Waals surface area (Å²) >= 11 is 0. The predicted molar refractivity (Wildman–Crippen MR) is 157 cm³/mol. The number of amides is 3. The van der Waals surface area contributed by atoms with Crippen molar-refractivity contribution in [3.8, 4) is 0 Å². The molecule has 2 atom stereocenters. The maximum Gasteiger partial charge on any atom is 0.338 e. The molecule has 4 aromatic rings. The van der Waals surface area contributed by atoms with Crippen molar-refractivity contribution >= 4 is 35.1 Å². The van der Waals surface area contributed by atoms with Crippen molar-refractivity contribution in [2.45, 2.75) is 25.7 Å². The number of hydrogen-bond acceptors (Lipinski definition) is 5. The Balaban J connectivity index is 1.08. The summed E-state index contributed by atoms with van der Waals surface area (Å²) < 4.78 is 5.21. The first-order valence-corrected chi connectivity index (χ1v) is 14.0. The molecule has 3 amide bonds. The summed E-state index contributed by atoms with van der Waals surface area (Å²) in [5.41, 5.74) is 7.88. The summed E-state index contributed by atoms with van der Waals surface area (Å²) in [6.45, 7) is 3.50. The van der Waals surface area contributed by atoms with Crippen LogP contribution in [0, 0.1) is 25.7 Å². The molecule has 1 heterocycles. The van der Waals surface area contributed by atoms with Crippen molar-refractivity contribution in [3.63, 3.8) is 0 Å². The van der Waals surface area contributed by atoms with Crippen LogP contribution in [0.5, 0.6) is 0 Å². The van der Waals surface area contributed by atoms with E-state index in [4.69, 9.17) is 4.74 Å². The van der Waals surface area contributed by atoms with Crippen LogP contribution in [-0.2, 0) is 19.1 Å². The van der Waals surface area contributed by atoms with Crippen LogP contribution >= 0.6 is 0 Å². The van der Waals surface area contributed by atoms with Gasteiger partial charge in [0.15, 0.2) is 6.61 Å². The predicted octanol–water partition coefficient (Wildman–Crippen LogP) is 5.50. The number of ether oxygens (including phenoxy) is 1. The van der Waals surface area contributed by atoms with Crippen molar-refractivity contribution in [3.05, 3.63) is 130 Å². The maximum atomic E-state index is 13.9. The molecule has 0 saturated carbocycles. The molecule has 4 aromatic carbocycles. The van der Waals surface area contributed by atoms with Gasteiger partial charge in [0.2, 0.25) is 11.8 Å². The largest absolute Gasteiger partial charge is 0.452 e. The minimum atomic E-state index is -0.673. The molecule has 208 valence electrons. The van der Waals surface area contributed by atoms with E-state index in [1.54, 1.807) is 18.2 Å². The Morgan fingerprint density at radius 2 is 1.24 bits per heavy atom. The van der Waals surface area contributed by atoms with Crippen LogP contribution in [0.15, 0.2) is 91.0 Å². The van der Waals surface area contributed by atoms with Gasteiger partial charge < -0.3 is 10.1 Å². The van der Waals surface area contributed by atoms with Gasteiger partial charge in [-0.3, -0.25) is 14.4 Å². The zero-order chi connectivity index (χ0) is 29.1. The van der Waals surface area contributed by atoms with Crippen molar-refractivity contribution in [1.29, 1.82) is 0 Å². The van der Waals surface area contributed by atoms with Gasteiger partial charge >= 0.3 is 5.97 Å². The van der Waals surface area contributed by atoms with E-state index in [1.165, 1.54) is 17.0 Å². The van der Waals surface area contributed by atoms with Crippen molar-refractivity contribution in [2.24, 2.45) is 11.8 Å². The number of esters is 1. The van der Waals surface area contributed by atoms with Gasteiger partial charge in [0.05, 0.1) is 23.1 Å². The van der Waals surface area contributed by atoms with Gasteiger partial charge in [-0.2, -0.15) is 0 Å². The Morgan fingerprint density at radius 3 is 1.74 bits per heavy atom. The highest BCUT2D eigenvalue weighted by atomic mass is 16.5. The van der Waals surface area contributed by atoms with Crippen LogP contribution < -0.4 is 10.2 Å². The molecule has 0 radical (unpaired) electrons. The molecule has 7 heteroatoms. The third-order valence-corrected chi connectivity index (χ3v) is 8.93. The SMILES string of the molecule is Cc1ccc(NC(=O)COC(=O)c2ccc(N3C(=O)[C@@H]4C5c6ccccc6C(c6ccccc65)[C@@H]4C3=O)cc2)cc1C. The number of hydrogen-bond donors (Lipinski definition) is 1. The average molecular weight is 557 g/mol. The summed E-state index contributed by atoms with van der Waals surface area (Å²) in [4.78, 5) is 54.1. The minimum absolute atomic E-state index is 0.182. The van der Waals surface area contributed by atoms with Crippen LogP contribution in [-0.4, -0.2) is 30.3 Å². The highest BCUT2D eigenvalue weighted by Crippen LogP contribution is 2.61. The molecule has 2 bridgehead atoms. The zero-order valence-electron chi connectivity index (χ0n) is 23.2. The number of rotatable bonds is 5. The Morgan fingerprint density at radius 1 is 0.714 bits per heavy atom. The van der Waals surface area contributed by atoms with Crippen LogP contribution in [0.2, 0.25) is 0 Å². The molecule has 0 unspecified atom stereocenters. The Labute approximate surface area is 243 Å². The summed E-state index contributed by atoms with van der Waals surface area (Å²) in [7, 11) is 0. The molecule has 3 aliphatic carbocycles. The lowest BCUT2D eigenvalue weighted by atomic mass is 9.55. The van der Waals surface area contributed by atoms with E-state index >= 15 is 0 Å². The molecule has 1 fully saturated rings. The van der Waals surface area contributed by atoms with Gasteiger partial charge in [-0.25, -0.2) is 9.69 Å². The summed E-state index contributed by atoms with van der Waals surface area (Å²) in [5, 5.41) is 2.72. The molecule has 4 aliphatic rings. The molecule has 1 N–H and O–H groups in total. The second-order valence-corrected chi connectivity index (χ2v) is 11.2. The number of nitrogens with zero attached hydrogens (tertiary/aromatic N) is 1. The molecular formula is C35H28N2O5. The topological polar surface area (TPSA) is 92.8 Å². The van der Waals surface area contributed by atoms with Gasteiger partial charge in [-0.1, -0.05) is 54.6 Å². The maximum absolute atomic E-state index is 13.9. The van der Waals surface area contributed by atoms with Crippen LogP contribution in [0.25, 0.3) is 0 Å². The summed E-state index contributed by atoms with van der Waals surface area (Å²) in [6, 6.07) is 28.0. The second-order valence-electron chi connectivity index (χ2n) is 11.2. The van der Waals surface area contributed by atoms with E-state index in [-0.39, 0.29) is 29.2 Å². The number of nitrogens with one attached hydrogen (secondary N) is 1. The summed E-state index contributed by atoms with van der Waals surface area (Å²) in [6.07, 6.45) is 0. The lowest BCUT2D eigenvalue weighted by molar-refractivity contribution is -0.122. The van der Waals surface area contributed by atoms with Crippen LogP contribution in [0.4, 0.5) is 11.4 Å². The molecule has 0 aromatic heterocycles. The molecule has 1 aliphatic heterocycles. The first-order valence-electron chi connectivity index (χ1n) is 14.0. The molecule has 7 nitrogen and oxygen atoms in total. The van der Waals surface area contributed by atoms with Crippen LogP contribution in [0.3, 0.4) is 0 Å². The van der Waals surface area contributed by atoms with E-state index in [0.717, 1.165) is 33.4 Å². The Hall–Kier alpha value is -5.04. The highest BCUT2D eigenvalue weighted by Gasteiger charge is 2.61. The minimum Gasteiger partial charge on any atom is -0.452 e. The molecular weight excluding hydrogens is 528 g/mol. The smallest absolute Gasteiger partial charge is 0.338 e. The average Bonchev–Trinajstić information content (AvgIpc) is 3.28. The van der Waals surface area contributed by atoms with Gasteiger partial charge in [-0.05, 0) is 83.6 Å². The fourth-order valence-electron chi connectivity index (χ4n) is 6.91. The quantitative estimate of drug-likeness (QED) is 0.259. The third kappa shape index (κ3) is 3.96. The first-order chi connectivity index (χ1) is 20.3. The Kier molecular flexibility index (Phi) is 6.04. The summed E-state index contributed by atoms with van der Waals surface area (Å²) in [5.74, 6) is -2.88. The molecule has 1 saturated heterocycles. The molecule has 42 heavy (non-hydrogen) atoms. The van der Waals surface area contributed by atoms with E-state index < -0.39 is 30.3 Å². The third-order valence-electron chi connectivity index (χ3n) is 8.93. The van der Waals surface area contributed by atoms with E-state index in [0.29, 0.717) is 11.4 Å². The fraction of sp³-hybridized carbons (Fsp3) is 0.200. The molecule has 0 spiro atoms. The van der Waals surface area contributed by atoms with Crippen molar-refractivity contribution in [2.75, 3.05) is 16.8 Å². The lowest BCUT2D eigenvalue weighted by Gasteiger charge is -2.45. The van der Waals surface area contributed by atoms with Gasteiger partial charge in [0, 0.05) is 17.5 Å². The monoisotopic (exact) mass is 556 g/mol. The molecule has 8 rings (SSSR count). The number of imide groups is 1. The Bertz CT molecular complexity index is 1680. The van der Waals surface area contributed by atoms with Crippen LogP contribution in [0.1, 0.15) is 55.6 Å². The van der Waals surface area contributed by atoms with E-state index in [1.807, 2.05) is 50.2 Å². The number of carbonyl (C=O) groups is 4. The fourth-order valence-corrected chi connectivity index (χ4v) is 6.91.